The second-order valence-corrected chi connectivity index (χ2v) is 5.17. The van der Waals surface area contributed by atoms with Crippen molar-refractivity contribution in [3.63, 3.8) is 0 Å². The van der Waals surface area contributed by atoms with E-state index in [1.807, 2.05) is 24.7 Å². The lowest BCUT2D eigenvalue weighted by molar-refractivity contribution is 0.541. The summed E-state index contributed by atoms with van der Waals surface area (Å²) in [5.41, 5.74) is 2.47. The number of imidazole rings is 1. The molecular formula is C15H20ClN3. The molecule has 0 saturated carbocycles. The molecule has 0 fully saturated rings. The molecule has 2 rings (SSSR count). The maximum Gasteiger partial charge on any atom is 0.0948 e. The van der Waals surface area contributed by atoms with Crippen molar-refractivity contribution >= 4 is 11.6 Å². The summed E-state index contributed by atoms with van der Waals surface area (Å²) in [6, 6.07) is 8.27. The number of rotatable bonds is 6. The molecule has 1 aromatic carbocycles. The lowest BCUT2D eigenvalue weighted by Gasteiger charge is -2.15. The molecule has 1 aromatic heterocycles. The first kappa shape index (κ1) is 14.1. The van der Waals surface area contributed by atoms with Gasteiger partial charge in [-0.3, -0.25) is 0 Å². The maximum atomic E-state index is 5.90. The van der Waals surface area contributed by atoms with E-state index in [4.69, 9.17) is 11.6 Å². The summed E-state index contributed by atoms with van der Waals surface area (Å²) in [5.74, 6) is 0. The van der Waals surface area contributed by atoms with Gasteiger partial charge in [-0.25, -0.2) is 4.98 Å². The number of benzene rings is 1. The molecule has 0 amide bonds. The van der Waals surface area contributed by atoms with Crippen LogP contribution in [-0.2, 0) is 13.1 Å². The Labute approximate surface area is 119 Å². The van der Waals surface area contributed by atoms with Crippen molar-refractivity contribution in [3.8, 4) is 0 Å². The van der Waals surface area contributed by atoms with Crippen LogP contribution in [0.25, 0.3) is 0 Å². The van der Waals surface area contributed by atoms with Crippen LogP contribution in [0.1, 0.15) is 37.6 Å². The fourth-order valence-electron chi connectivity index (χ4n) is 2.06. The Morgan fingerprint density at radius 1 is 1.32 bits per heavy atom. The van der Waals surface area contributed by atoms with E-state index in [0.29, 0.717) is 6.04 Å². The Balaban J connectivity index is 1.94. The Hall–Kier alpha value is -1.32. The zero-order chi connectivity index (χ0) is 13.7. The summed E-state index contributed by atoms with van der Waals surface area (Å²) < 4.78 is 2.20. The van der Waals surface area contributed by atoms with E-state index in [1.165, 1.54) is 11.3 Å². The lowest BCUT2D eigenvalue weighted by atomic mass is 10.1. The van der Waals surface area contributed by atoms with Crippen molar-refractivity contribution < 1.29 is 0 Å². The van der Waals surface area contributed by atoms with Crippen LogP contribution in [-0.4, -0.2) is 9.55 Å². The zero-order valence-corrected chi connectivity index (χ0v) is 12.2. The molecule has 1 N–H and O–H groups in total. The minimum absolute atomic E-state index is 0.294. The molecule has 0 bridgehead atoms. The third-order valence-electron chi connectivity index (χ3n) is 3.22. The fourth-order valence-corrected chi connectivity index (χ4v) is 2.19. The number of halogens is 1. The highest BCUT2D eigenvalue weighted by Gasteiger charge is 2.07. The average molecular weight is 278 g/mol. The molecular weight excluding hydrogens is 258 g/mol. The number of aromatic nitrogens is 2. The molecule has 1 heterocycles. The number of nitrogens with zero attached hydrogens (tertiary/aromatic N) is 2. The van der Waals surface area contributed by atoms with E-state index in [1.54, 1.807) is 0 Å². The number of nitrogens with one attached hydrogen (secondary N) is 1. The largest absolute Gasteiger partial charge is 0.333 e. The first-order valence-corrected chi connectivity index (χ1v) is 7.06. The van der Waals surface area contributed by atoms with Crippen molar-refractivity contribution in [2.24, 2.45) is 0 Å². The minimum Gasteiger partial charge on any atom is -0.333 e. The third kappa shape index (κ3) is 3.82. The molecule has 0 aliphatic rings. The molecule has 19 heavy (non-hydrogen) atoms. The van der Waals surface area contributed by atoms with E-state index in [2.05, 4.69) is 40.8 Å². The molecule has 1 unspecified atom stereocenters. The summed E-state index contributed by atoms with van der Waals surface area (Å²) >= 11 is 5.90. The number of aryl methyl sites for hydroxylation is 1. The molecule has 0 aliphatic carbocycles. The third-order valence-corrected chi connectivity index (χ3v) is 3.47. The van der Waals surface area contributed by atoms with Gasteiger partial charge in [0.1, 0.15) is 0 Å². The SMILES string of the molecule is CCCn1cncc1CNC(C)c1ccc(Cl)cc1. The van der Waals surface area contributed by atoms with Crippen LogP contribution in [0.3, 0.4) is 0 Å². The molecule has 102 valence electrons. The first-order chi connectivity index (χ1) is 9.20. The van der Waals surface area contributed by atoms with Crippen molar-refractivity contribution in [1.82, 2.24) is 14.9 Å². The topological polar surface area (TPSA) is 29.9 Å². The maximum absolute atomic E-state index is 5.90. The van der Waals surface area contributed by atoms with E-state index in [0.717, 1.165) is 24.5 Å². The van der Waals surface area contributed by atoms with Gasteiger partial charge in [-0.15, -0.1) is 0 Å². The van der Waals surface area contributed by atoms with Crippen LogP contribution in [0.5, 0.6) is 0 Å². The Bertz CT molecular complexity index is 504. The summed E-state index contributed by atoms with van der Waals surface area (Å²) in [6.07, 6.45) is 4.95. The normalized spacial score (nSPS) is 12.6. The van der Waals surface area contributed by atoms with Gasteiger partial charge in [-0.05, 0) is 31.0 Å². The zero-order valence-electron chi connectivity index (χ0n) is 11.4. The molecule has 0 spiro atoms. The highest BCUT2D eigenvalue weighted by Crippen LogP contribution is 2.16. The molecule has 2 aromatic rings. The van der Waals surface area contributed by atoms with Gasteiger partial charge >= 0.3 is 0 Å². The predicted molar refractivity (Wildman–Crippen MR) is 79.2 cm³/mol. The van der Waals surface area contributed by atoms with Gasteiger partial charge in [0.25, 0.3) is 0 Å². The second-order valence-electron chi connectivity index (χ2n) is 4.73. The summed E-state index contributed by atoms with van der Waals surface area (Å²) in [4.78, 5) is 4.21. The van der Waals surface area contributed by atoms with Gasteiger partial charge in [-0.1, -0.05) is 30.7 Å². The quantitative estimate of drug-likeness (QED) is 0.870. The van der Waals surface area contributed by atoms with E-state index < -0.39 is 0 Å². The van der Waals surface area contributed by atoms with Crippen LogP contribution >= 0.6 is 11.6 Å². The molecule has 0 saturated heterocycles. The predicted octanol–water partition coefficient (Wildman–Crippen LogP) is 3.80. The lowest BCUT2D eigenvalue weighted by Crippen LogP contribution is -2.20. The molecule has 4 heteroatoms. The molecule has 0 aliphatic heterocycles. The first-order valence-electron chi connectivity index (χ1n) is 6.68. The monoisotopic (exact) mass is 277 g/mol. The highest BCUT2D eigenvalue weighted by atomic mass is 35.5. The Morgan fingerprint density at radius 3 is 2.74 bits per heavy atom. The Morgan fingerprint density at radius 2 is 2.05 bits per heavy atom. The van der Waals surface area contributed by atoms with Gasteiger partial charge in [0, 0.05) is 30.4 Å². The van der Waals surface area contributed by atoms with Gasteiger partial charge in [0.2, 0.25) is 0 Å². The number of hydrogen-bond donors (Lipinski definition) is 1. The van der Waals surface area contributed by atoms with E-state index >= 15 is 0 Å². The van der Waals surface area contributed by atoms with Crippen LogP contribution in [0.15, 0.2) is 36.8 Å². The van der Waals surface area contributed by atoms with Gasteiger partial charge in [-0.2, -0.15) is 0 Å². The summed E-state index contributed by atoms with van der Waals surface area (Å²) in [6.45, 7) is 6.17. The van der Waals surface area contributed by atoms with E-state index in [-0.39, 0.29) is 0 Å². The Kier molecular flexibility index (Phi) is 5.00. The van der Waals surface area contributed by atoms with Crippen LogP contribution in [0.4, 0.5) is 0 Å². The van der Waals surface area contributed by atoms with Crippen LogP contribution < -0.4 is 5.32 Å². The molecule has 1 atom stereocenters. The molecule has 3 nitrogen and oxygen atoms in total. The van der Waals surface area contributed by atoms with Crippen molar-refractivity contribution in [3.05, 3.63) is 53.1 Å². The van der Waals surface area contributed by atoms with Gasteiger partial charge < -0.3 is 9.88 Å². The minimum atomic E-state index is 0.294. The van der Waals surface area contributed by atoms with Crippen LogP contribution in [0, 0.1) is 0 Å². The number of hydrogen-bond acceptors (Lipinski definition) is 2. The van der Waals surface area contributed by atoms with Crippen molar-refractivity contribution in [2.75, 3.05) is 0 Å². The smallest absolute Gasteiger partial charge is 0.0948 e. The fraction of sp³-hybridized carbons (Fsp3) is 0.400. The van der Waals surface area contributed by atoms with E-state index in [9.17, 15) is 0 Å². The average Bonchev–Trinajstić information content (AvgIpc) is 2.85. The molecule has 0 radical (unpaired) electrons. The van der Waals surface area contributed by atoms with Crippen molar-refractivity contribution in [1.29, 1.82) is 0 Å². The summed E-state index contributed by atoms with van der Waals surface area (Å²) in [7, 11) is 0. The second kappa shape index (κ2) is 6.73. The van der Waals surface area contributed by atoms with Gasteiger partial charge in [0.15, 0.2) is 0 Å². The van der Waals surface area contributed by atoms with Crippen molar-refractivity contribution in [2.45, 2.75) is 39.4 Å². The standard InChI is InChI=1S/C15H20ClN3/c1-3-8-19-11-17-9-15(19)10-18-12(2)13-4-6-14(16)7-5-13/h4-7,9,11-12,18H,3,8,10H2,1-2H3. The highest BCUT2D eigenvalue weighted by molar-refractivity contribution is 6.30. The van der Waals surface area contributed by atoms with Crippen LogP contribution in [0.2, 0.25) is 5.02 Å². The van der Waals surface area contributed by atoms with Gasteiger partial charge in [0.05, 0.1) is 12.0 Å². The summed E-state index contributed by atoms with van der Waals surface area (Å²) in [5, 5.41) is 4.29.